The number of methoxy groups -OCH3 is 1. The Morgan fingerprint density at radius 1 is 1.21 bits per heavy atom. The van der Waals surface area contributed by atoms with Crippen molar-refractivity contribution in [3.63, 3.8) is 0 Å². The number of carbonyl (C=O) groups excluding carboxylic acids is 3. The van der Waals surface area contributed by atoms with Crippen LogP contribution in [0.25, 0.3) is 10.9 Å². The maximum absolute atomic E-state index is 13.3. The Bertz CT molecular complexity index is 1270. The van der Waals surface area contributed by atoms with Gasteiger partial charge < -0.3 is 38.8 Å². The number of nitrogens with one attached hydrogen (secondary N) is 1. The van der Waals surface area contributed by atoms with E-state index < -0.39 is 11.7 Å². The van der Waals surface area contributed by atoms with Gasteiger partial charge in [0.15, 0.2) is 5.82 Å². The molecule has 2 amide bonds. The summed E-state index contributed by atoms with van der Waals surface area (Å²) in [6, 6.07) is 0. The summed E-state index contributed by atoms with van der Waals surface area (Å²) in [5.41, 5.74) is 1.04. The van der Waals surface area contributed by atoms with Gasteiger partial charge in [-0.3, -0.25) is 19.4 Å². The summed E-state index contributed by atoms with van der Waals surface area (Å²) in [6.45, 7) is 12.0. The molecule has 0 unspecified atom stereocenters. The zero-order chi connectivity index (χ0) is 26.2. The number of aliphatic imine (C=N–C) groups is 1. The van der Waals surface area contributed by atoms with Gasteiger partial charge in [0.2, 0.25) is 0 Å². The van der Waals surface area contributed by atoms with Crippen molar-refractivity contribution in [2.45, 2.75) is 6.92 Å². The van der Waals surface area contributed by atoms with Crippen molar-refractivity contribution >= 4 is 47.4 Å². The number of carbonyl (C=O) groups is 3. The van der Waals surface area contributed by atoms with Crippen LogP contribution in [0.4, 0.5) is 5.82 Å². The van der Waals surface area contributed by atoms with Crippen molar-refractivity contribution in [1.82, 2.24) is 19.8 Å². The molecule has 1 aliphatic rings. The number of pyridine rings is 1. The van der Waals surface area contributed by atoms with E-state index in [1.165, 1.54) is 35.8 Å². The molecule has 38 heavy (non-hydrogen) atoms. The second-order valence-corrected chi connectivity index (χ2v) is 7.71. The minimum atomic E-state index is -0.710. The van der Waals surface area contributed by atoms with Gasteiger partial charge in [0.1, 0.15) is 12.1 Å². The molecule has 0 saturated carbocycles. The number of fused-ring (bicyclic) bond motifs is 1. The van der Waals surface area contributed by atoms with Crippen LogP contribution in [0.3, 0.4) is 0 Å². The Morgan fingerprint density at radius 2 is 1.84 bits per heavy atom. The van der Waals surface area contributed by atoms with E-state index in [0.717, 1.165) is 0 Å². The Morgan fingerprint density at radius 3 is 2.37 bits per heavy atom. The zero-order valence-electron chi connectivity index (χ0n) is 22.0. The van der Waals surface area contributed by atoms with E-state index in [-0.39, 0.29) is 70.5 Å². The fraction of sp³-hybridized carbons (Fsp3) is 0.269. The second kappa shape index (κ2) is 15.1. The third kappa shape index (κ3) is 6.70. The fourth-order valence-electron chi connectivity index (χ4n) is 3.92. The minimum Gasteiger partial charge on any atom is -0.494 e. The van der Waals surface area contributed by atoms with Gasteiger partial charge in [-0.15, -0.1) is 0 Å². The van der Waals surface area contributed by atoms with Crippen LogP contribution in [-0.4, -0.2) is 90.8 Å². The van der Waals surface area contributed by atoms with Gasteiger partial charge >= 0.3 is 0 Å². The maximum atomic E-state index is 13.3. The van der Waals surface area contributed by atoms with Crippen molar-refractivity contribution in [2.75, 3.05) is 45.3 Å². The number of aromatic amines is 1. The number of anilines is 1. The van der Waals surface area contributed by atoms with E-state index in [2.05, 4.69) is 26.6 Å². The van der Waals surface area contributed by atoms with Crippen LogP contribution in [0.1, 0.15) is 17.3 Å². The Hall–Kier alpha value is -3.44. The van der Waals surface area contributed by atoms with Gasteiger partial charge in [-0.05, 0) is 6.92 Å². The number of nitrogens with zero attached hydrogens (tertiary/aromatic N) is 6. The summed E-state index contributed by atoms with van der Waals surface area (Å²) in [5.74, 6) is -0.954. The maximum Gasteiger partial charge on any atom is 0.295 e. The molecule has 1 saturated heterocycles. The number of amides is 2. The molecule has 199 valence electrons. The van der Waals surface area contributed by atoms with Crippen LogP contribution in [0.2, 0.25) is 0 Å². The van der Waals surface area contributed by atoms with E-state index in [1.807, 2.05) is 6.92 Å². The van der Waals surface area contributed by atoms with Crippen molar-refractivity contribution in [1.29, 1.82) is 0 Å². The molecule has 0 atom stereocenters. The molecule has 0 spiro atoms. The number of Topliss-reactive ketones (excluding diaryl/α,β-unsaturated/α-hetero) is 1. The van der Waals surface area contributed by atoms with Crippen molar-refractivity contribution in [2.24, 2.45) is 10.1 Å². The number of aromatic nitrogens is 2. The number of hydrogen-bond donors (Lipinski definition) is 1. The van der Waals surface area contributed by atoms with Crippen LogP contribution in [0.15, 0.2) is 58.9 Å². The minimum absolute atomic E-state index is 0. The first-order chi connectivity index (χ1) is 17.4. The fourth-order valence-corrected chi connectivity index (χ4v) is 3.92. The number of H-pyrrole nitrogens is 1. The van der Waals surface area contributed by atoms with Gasteiger partial charge in [-0.25, -0.2) is 9.99 Å². The third-order valence-electron chi connectivity index (χ3n) is 5.62. The molecule has 11 nitrogen and oxygen atoms in total. The first-order valence-corrected chi connectivity index (χ1v) is 11.2. The van der Waals surface area contributed by atoms with Crippen molar-refractivity contribution < 1.29 is 51.8 Å². The molecule has 0 aromatic carbocycles. The molecule has 2 aromatic heterocycles. The quantitative estimate of drug-likeness (QED) is 0.0696. The molecule has 1 fully saturated rings. The molecular formula is C26H31N7O4Y-2. The predicted molar refractivity (Wildman–Crippen MR) is 145 cm³/mol. The Labute approximate surface area is 247 Å². The van der Waals surface area contributed by atoms with E-state index in [0.29, 0.717) is 35.3 Å². The predicted octanol–water partition coefficient (Wildman–Crippen LogP) is 2.52. The summed E-state index contributed by atoms with van der Waals surface area (Å²) in [6.07, 6.45) is 10.9. The number of piperazine rings is 1. The topological polar surface area (TPSA) is 124 Å². The average Bonchev–Trinajstić information content (AvgIpc) is 3.35. The Balaban J connectivity index is 0.00000361. The molecule has 3 rings (SSSR count). The molecule has 2 aromatic rings. The summed E-state index contributed by atoms with van der Waals surface area (Å²) in [5, 5.41) is 5.23. The van der Waals surface area contributed by atoms with Crippen molar-refractivity contribution in [3.8, 4) is 5.75 Å². The van der Waals surface area contributed by atoms with Crippen LogP contribution < -0.4 is 9.75 Å². The zero-order valence-corrected chi connectivity index (χ0v) is 24.9. The van der Waals surface area contributed by atoms with Gasteiger partial charge in [-0.1, -0.05) is 30.9 Å². The van der Waals surface area contributed by atoms with Gasteiger partial charge in [0.05, 0.1) is 29.8 Å². The number of allylic oxidation sites excluding steroid dienone is 3. The Kier molecular flexibility index (Phi) is 12.9. The normalized spacial score (nSPS) is 13.7. The van der Waals surface area contributed by atoms with Crippen LogP contribution >= 0.6 is 0 Å². The number of hydrazone groups is 1. The summed E-state index contributed by atoms with van der Waals surface area (Å²) < 4.78 is 5.40. The smallest absolute Gasteiger partial charge is 0.295 e. The van der Waals surface area contributed by atoms with Crippen LogP contribution in [0, 0.1) is 7.43 Å². The van der Waals surface area contributed by atoms with E-state index >= 15 is 0 Å². The monoisotopic (exact) mass is 594 g/mol. The number of rotatable bonds is 9. The number of ketones is 1. The summed E-state index contributed by atoms with van der Waals surface area (Å²) in [7, 11) is 2.99. The molecule has 3 heterocycles. The molecule has 1 aliphatic heterocycles. The summed E-state index contributed by atoms with van der Waals surface area (Å²) in [4.78, 5) is 53.4. The average molecular weight is 594 g/mol. The van der Waals surface area contributed by atoms with Gasteiger partial charge in [0.25, 0.3) is 17.6 Å². The van der Waals surface area contributed by atoms with E-state index in [1.54, 1.807) is 36.3 Å². The van der Waals surface area contributed by atoms with Crippen molar-refractivity contribution in [3.05, 3.63) is 61.8 Å². The SMILES string of the molecule is [CH-]=NN(C=NC)c1ncc(OC)c2c(C(=O)C(=O)N3CCN(C(=O)C(/C=C\C)=C/C=C)CC3)c[nH]c12.[CH3-].[Y]. The molecule has 0 bridgehead atoms. The molecule has 0 aliphatic carbocycles. The first-order valence-electron chi connectivity index (χ1n) is 11.2. The molecule has 1 N–H and O–H groups in total. The largest absolute Gasteiger partial charge is 0.494 e. The van der Waals surface area contributed by atoms with Crippen LogP contribution in [0.5, 0.6) is 5.75 Å². The molecule has 1 radical (unpaired) electrons. The van der Waals surface area contributed by atoms with Gasteiger partial charge in [0, 0.05) is 77.7 Å². The molecular weight excluding hydrogens is 563 g/mol. The van der Waals surface area contributed by atoms with E-state index in [4.69, 9.17) is 11.5 Å². The summed E-state index contributed by atoms with van der Waals surface area (Å²) >= 11 is 0. The number of ether oxygens (including phenoxy) is 1. The van der Waals surface area contributed by atoms with Gasteiger partial charge in [-0.2, -0.15) is 0 Å². The van der Waals surface area contributed by atoms with Crippen LogP contribution in [-0.2, 0) is 42.3 Å². The number of hydrogen-bond acceptors (Lipinski definition) is 7. The second-order valence-electron chi connectivity index (χ2n) is 7.71. The molecule has 12 heteroatoms. The third-order valence-corrected chi connectivity index (χ3v) is 5.62. The first kappa shape index (κ1) is 32.6. The van der Waals surface area contributed by atoms with E-state index in [9.17, 15) is 14.4 Å². The standard InChI is InChI=1S/C25H28N7O4.CH3.Y/c1-6-8-17(9-7-2)24(34)30-10-12-31(13-11-30)25(35)22(33)18-14-28-21-20(18)19(36-5)15-29-23(21)32(27-4)16-26-3;;/h4,6-9,14-16,28H,1,10-13H2,2-3,5H3;1H3;/q2*-1;/b9-7-,17-8+,26-16?;;.